The number of carbonyl (C=O) groups is 1. The van der Waals surface area contributed by atoms with Crippen molar-refractivity contribution < 1.29 is 9.53 Å². The zero-order valence-electron chi connectivity index (χ0n) is 16.8. The molecule has 1 amide bonds. The van der Waals surface area contributed by atoms with Gasteiger partial charge in [-0.15, -0.1) is 21.5 Å². The van der Waals surface area contributed by atoms with Crippen LogP contribution in [0.2, 0.25) is 0 Å². The molecule has 8 heteroatoms. The molecule has 0 bridgehead atoms. The number of benzene rings is 1. The third kappa shape index (κ3) is 3.79. The lowest BCUT2D eigenvalue weighted by Gasteiger charge is -2.35. The van der Waals surface area contributed by atoms with Gasteiger partial charge in [0.25, 0.3) is 0 Å². The van der Waals surface area contributed by atoms with Gasteiger partial charge in [0.2, 0.25) is 5.91 Å². The lowest BCUT2D eigenvalue weighted by atomic mass is 9.98. The van der Waals surface area contributed by atoms with Crippen LogP contribution in [0.25, 0.3) is 11.4 Å². The van der Waals surface area contributed by atoms with Crippen LogP contribution >= 0.6 is 23.1 Å². The van der Waals surface area contributed by atoms with Gasteiger partial charge in [0, 0.05) is 18.5 Å². The highest BCUT2D eigenvalue weighted by Gasteiger charge is 2.30. The second kappa shape index (κ2) is 8.59. The van der Waals surface area contributed by atoms with Crippen molar-refractivity contribution in [2.45, 2.75) is 31.0 Å². The minimum atomic E-state index is 0.153. The van der Waals surface area contributed by atoms with Gasteiger partial charge in [0.1, 0.15) is 5.75 Å². The van der Waals surface area contributed by atoms with Gasteiger partial charge in [-0.1, -0.05) is 30.8 Å². The van der Waals surface area contributed by atoms with E-state index < -0.39 is 0 Å². The molecule has 0 spiro atoms. The van der Waals surface area contributed by atoms with Crippen molar-refractivity contribution in [3.05, 3.63) is 46.2 Å². The molecule has 0 N–H and O–H groups in total. The molecule has 1 aliphatic heterocycles. The molecule has 152 valence electrons. The molecular formula is C21H24N4O2S2. The molecule has 1 atom stereocenters. The Kier molecular flexibility index (Phi) is 5.91. The first-order valence-electron chi connectivity index (χ1n) is 9.65. The Balaban J connectivity index is 1.47. The first kappa shape index (κ1) is 20.0. The highest BCUT2D eigenvalue weighted by atomic mass is 32.2. The summed E-state index contributed by atoms with van der Waals surface area (Å²) in [5.41, 5.74) is 2.20. The molecule has 3 aromatic rings. The molecule has 6 nitrogen and oxygen atoms in total. The number of fused-ring (bicyclic) bond motifs is 1. The summed E-state index contributed by atoms with van der Waals surface area (Å²) in [5, 5.41) is 11.5. The van der Waals surface area contributed by atoms with Gasteiger partial charge in [-0.2, -0.15) is 0 Å². The fourth-order valence-electron chi connectivity index (χ4n) is 3.85. The van der Waals surface area contributed by atoms with Crippen LogP contribution in [0.1, 0.15) is 29.8 Å². The van der Waals surface area contributed by atoms with Crippen molar-refractivity contribution in [1.82, 2.24) is 19.7 Å². The van der Waals surface area contributed by atoms with Crippen molar-refractivity contribution in [2.75, 3.05) is 19.4 Å². The molecule has 3 heterocycles. The molecule has 4 rings (SSSR count). The van der Waals surface area contributed by atoms with Gasteiger partial charge in [-0.05, 0) is 42.0 Å². The predicted molar refractivity (Wildman–Crippen MR) is 116 cm³/mol. The molecule has 0 aliphatic carbocycles. The van der Waals surface area contributed by atoms with Gasteiger partial charge >= 0.3 is 0 Å². The Labute approximate surface area is 178 Å². The van der Waals surface area contributed by atoms with Crippen LogP contribution < -0.4 is 4.74 Å². The van der Waals surface area contributed by atoms with E-state index in [9.17, 15) is 4.79 Å². The molecule has 1 aromatic carbocycles. The summed E-state index contributed by atoms with van der Waals surface area (Å²) in [7, 11) is 3.56. The van der Waals surface area contributed by atoms with Gasteiger partial charge in [-0.25, -0.2) is 0 Å². The van der Waals surface area contributed by atoms with E-state index in [0.717, 1.165) is 41.7 Å². The first-order chi connectivity index (χ1) is 14.1. The first-order valence-corrected chi connectivity index (χ1v) is 11.5. The normalized spacial score (nSPS) is 16.0. The zero-order chi connectivity index (χ0) is 20.4. The largest absolute Gasteiger partial charge is 0.496 e. The smallest absolute Gasteiger partial charge is 0.233 e. The second-order valence-electron chi connectivity index (χ2n) is 6.91. The molecule has 29 heavy (non-hydrogen) atoms. The maximum Gasteiger partial charge on any atom is 0.233 e. The summed E-state index contributed by atoms with van der Waals surface area (Å²) < 4.78 is 7.36. The van der Waals surface area contributed by atoms with E-state index in [0.29, 0.717) is 5.75 Å². The summed E-state index contributed by atoms with van der Waals surface area (Å²) in [4.78, 5) is 16.4. The number of methoxy groups -OCH3 is 1. The highest BCUT2D eigenvalue weighted by Crippen LogP contribution is 2.36. The zero-order valence-corrected chi connectivity index (χ0v) is 18.4. The molecule has 0 saturated carbocycles. The molecule has 0 saturated heterocycles. The number of para-hydroxylation sites is 1. The van der Waals surface area contributed by atoms with E-state index in [1.54, 1.807) is 18.4 Å². The quantitative estimate of drug-likeness (QED) is 0.551. The second-order valence-corrected chi connectivity index (χ2v) is 8.86. The highest BCUT2D eigenvalue weighted by molar-refractivity contribution is 7.99. The molecule has 2 aromatic heterocycles. The van der Waals surface area contributed by atoms with Gasteiger partial charge in [-0.3, -0.25) is 4.79 Å². The van der Waals surface area contributed by atoms with E-state index in [1.807, 2.05) is 40.8 Å². The summed E-state index contributed by atoms with van der Waals surface area (Å²) in [6, 6.07) is 10.1. The number of hydrogen-bond donors (Lipinski definition) is 0. The van der Waals surface area contributed by atoms with E-state index in [-0.39, 0.29) is 11.9 Å². The average Bonchev–Trinajstić information content (AvgIpc) is 3.37. The van der Waals surface area contributed by atoms with Crippen LogP contribution in [0.3, 0.4) is 0 Å². The number of nitrogens with zero attached hydrogens (tertiary/aromatic N) is 4. The monoisotopic (exact) mass is 428 g/mol. The summed E-state index contributed by atoms with van der Waals surface area (Å²) in [6.45, 7) is 2.93. The standard InChI is InChI=1S/C21H24N4O2S2/c1-4-16-14-10-12-28-18(14)9-11-25(16)19(26)13-29-21-23-22-20(24(21)2)15-7-5-6-8-17(15)27-3/h5-8,10,12,16H,4,9,11,13H2,1-3H3. The predicted octanol–water partition coefficient (Wildman–Crippen LogP) is 4.18. The Morgan fingerprint density at radius 3 is 2.93 bits per heavy atom. The van der Waals surface area contributed by atoms with Crippen LogP contribution in [0.4, 0.5) is 0 Å². The van der Waals surface area contributed by atoms with Crippen LogP contribution in [0.5, 0.6) is 5.75 Å². The molecule has 1 unspecified atom stereocenters. The van der Waals surface area contributed by atoms with E-state index in [2.05, 4.69) is 28.6 Å². The molecule has 0 radical (unpaired) electrons. The minimum absolute atomic E-state index is 0.153. The lowest BCUT2D eigenvalue weighted by molar-refractivity contribution is -0.131. The maximum atomic E-state index is 13.0. The number of amides is 1. The Hall–Kier alpha value is -2.32. The van der Waals surface area contributed by atoms with Crippen molar-refractivity contribution >= 4 is 29.0 Å². The maximum absolute atomic E-state index is 13.0. The Morgan fingerprint density at radius 1 is 1.31 bits per heavy atom. The number of thiophene rings is 1. The summed E-state index contributed by atoms with van der Waals surface area (Å²) >= 11 is 3.23. The fraction of sp³-hybridized carbons (Fsp3) is 0.381. The van der Waals surface area contributed by atoms with E-state index in [4.69, 9.17) is 4.74 Å². The topological polar surface area (TPSA) is 60.3 Å². The third-order valence-electron chi connectivity index (χ3n) is 5.31. The summed E-state index contributed by atoms with van der Waals surface area (Å²) in [5.74, 6) is 1.99. The van der Waals surface area contributed by atoms with Crippen LogP contribution in [-0.4, -0.2) is 45.0 Å². The fourth-order valence-corrected chi connectivity index (χ4v) is 5.57. The van der Waals surface area contributed by atoms with Crippen molar-refractivity contribution in [3.8, 4) is 17.1 Å². The molecule has 0 fully saturated rings. The number of aromatic nitrogens is 3. The van der Waals surface area contributed by atoms with Gasteiger partial charge in [0.05, 0.1) is 24.5 Å². The van der Waals surface area contributed by atoms with Gasteiger partial charge < -0.3 is 14.2 Å². The van der Waals surface area contributed by atoms with Crippen molar-refractivity contribution in [3.63, 3.8) is 0 Å². The van der Waals surface area contributed by atoms with Crippen LogP contribution in [-0.2, 0) is 18.3 Å². The van der Waals surface area contributed by atoms with E-state index in [1.165, 1.54) is 22.2 Å². The average molecular weight is 429 g/mol. The molecule has 1 aliphatic rings. The number of hydrogen-bond acceptors (Lipinski definition) is 6. The van der Waals surface area contributed by atoms with Crippen LogP contribution in [0, 0.1) is 0 Å². The minimum Gasteiger partial charge on any atom is -0.496 e. The lowest BCUT2D eigenvalue weighted by Crippen LogP contribution is -2.40. The van der Waals surface area contributed by atoms with Crippen molar-refractivity contribution in [2.24, 2.45) is 7.05 Å². The van der Waals surface area contributed by atoms with Gasteiger partial charge in [0.15, 0.2) is 11.0 Å². The van der Waals surface area contributed by atoms with Crippen molar-refractivity contribution in [1.29, 1.82) is 0 Å². The number of ether oxygens (including phenoxy) is 1. The Bertz CT molecular complexity index is 1010. The Morgan fingerprint density at radius 2 is 2.14 bits per heavy atom. The number of carbonyl (C=O) groups excluding carboxylic acids is 1. The SMILES string of the molecule is CCC1c2ccsc2CCN1C(=O)CSc1nnc(-c2ccccc2OC)n1C. The number of rotatable bonds is 6. The number of thioether (sulfide) groups is 1. The molecular weight excluding hydrogens is 404 g/mol. The third-order valence-corrected chi connectivity index (χ3v) is 7.31. The summed E-state index contributed by atoms with van der Waals surface area (Å²) in [6.07, 6.45) is 1.88. The van der Waals surface area contributed by atoms with Crippen LogP contribution in [0.15, 0.2) is 40.9 Å². The van der Waals surface area contributed by atoms with E-state index >= 15 is 0 Å².